The molecule has 1 unspecified atom stereocenters. The Hall–Kier alpha value is -3.19. The van der Waals surface area contributed by atoms with Crippen LogP contribution < -0.4 is 0 Å². The van der Waals surface area contributed by atoms with Crippen LogP contribution in [0.2, 0.25) is 5.02 Å². The van der Waals surface area contributed by atoms with E-state index < -0.39 is 0 Å². The van der Waals surface area contributed by atoms with E-state index in [0.29, 0.717) is 17.3 Å². The van der Waals surface area contributed by atoms with E-state index in [1.54, 1.807) is 0 Å². The Morgan fingerprint density at radius 2 is 1.75 bits per heavy atom. The molecule has 7 heteroatoms. The van der Waals surface area contributed by atoms with Gasteiger partial charge in [0.2, 0.25) is 0 Å². The molecule has 2 aliphatic heterocycles. The summed E-state index contributed by atoms with van der Waals surface area (Å²) in [5.74, 6) is 0.570. The van der Waals surface area contributed by atoms with Gasteiger partial charge in [-0.1, -0.05) is 88.2 Å². The third kappa shape index (κ3) is 4.64. The zero-order valence-corrected chi connectivity index (χ0v) is 22.1. The summed E-state index contributed by atoms with van der Waals surface area (Å²) in [6, 6.07) is 30.4. The number of rotatable bonds is 3. The molecule has 1 amide bonds. The number of aliphatic imine (C=N–C) groups is 1. The molecule has 6 rings (SSSR count). The van der Waals surface area contributed by atoms with Crippen molar-refractivity contribution in [3.8, 4) is 0 Å². The molecule has 0 bridgehead atoms. The minimum atomic E-state index is -0.240. The molecular weight excluding hydrogens is 554 g/mol. The van der Waals surface area contributed by atoms with Crippen LogP contribution in [0.25, 0.3) is 16.8 Å². The SMILES string of the molecule is O=C1N=C(N2N=C(c3ccc4ccccc4c3)CC2c2ccc(Cl)cc2)/C(=C/c2cccc(Br)c2)S1. The molecule has 2 aliphatic rings. The van der Waals surface area contributed by atoms with Crippen molar-refractivity contribution < 1.29 is 4.79 Å². The Morgan fingerprint density at radius 3 is 2.56 bits per heavy atom. The van der Waals surface area contributed by atoms with E-state index in [1.807, 2.05) is 71.7 Å². The highest BCUT2D eigenvalue weighted by Gasteiger charge is 2.37. The molecule has 0 N–H and O–H groups in total. The Morgan fingerprint density at radius 1 is 0.944 bits per heavy atom. The first-order valence-corrected chi connectivity index (χ1v) is 13.4. The minimum absolute atomic E-state index is 0.111. The number of hydrogen-bond acceptors (Lipinski definition) is 4. The number of fused-ring (bicyclic) bond motifs is 1. The van der Waals surface area contributed by atoms with Crippen molar-refractivity contribution in [2.24, 2.45) is 10.1 Å². The number of thioether (sulfide) groups is 1. The summed E-state index contributed by atoms with van der Waals surface area (Å²) < 4.78 is 0.974. The average molecular weight is 573 g/mol. The molecule has 36 heavy (non-hydrogen) atoms. The Balaban J connectivity index is 1.44. The van der Waals surface area contributed by atoms with Gasteiger partial charge < -0.3 is 0 Å². The molecule has 0 fully saturated rings. The van der Waals surface area contributed by atoms with Crippen LogP contribution in [0.5, 0.6) is 0 Å². The third-order valence-corrected chi connectivity index (χ3v) is 7.76. The quantitative estimate of drug-likeness (QED) is 0.247. The number of amides is 1. The van der Waals surface area contributed by atoms with Crippen LogP contribution in [0.15, 0.2) is 110 Å². The van der Waals surface area contributed by atoms with Crippen molar-refractivity contribution in [1.82, 2.24) is 5.01 Å². The van der Waals surface area contributed by atoms with E-state index in [-0.39, 0.29) is 11.3 Å². The Bertz CT molecular complexity index is 1600. The normalized spacial score (nSPS) is 18.7. The largest absolute Gasteiger partial charge is 0.311 e. The first-order valence-electron chi connectivity index (χ1n) is 11.4. The van der Waals surface area contributed by atoms with Crippen molar-refractivity contribution in [1.29, 1.82) is 0 Å². The predicted molar refractivity (Wildman–Crippen MR) is 154 cm³/mol. The van der Waals surface area contributed by atoms with Gasteiger partial charge in [-0.25, -0.2) is 5.01 Å². The highest BCUT2D eigenvalue weighted by atomic mass is 79.9. The summed E-state index contributed by atoms with van der Waals surface area (Å²) in [7, 11) is 0. The number of hydrazone groups is 1. The topological polar surface area (TPSA) is 45.0 Å². The molecule has 4 aromatic carbocycles. The smallest absolute Gasteiger partial charge is 0.259 e. The van der Waals surface area contributed by atoms with Crippen molar-refractivity contribution in [3.05, 3.63) is 122 Å². The standard InChI is InChI=1S/C29H19BrClN3OS/c30-23-7-3-4-18(14-23)15-27-28(32-29(35)36-27)34-26(20-10-12-24(31)13-11-20)17-25(33-34)22-9-8-19-5-1-2-6-21(19)16-22/h1-16,26H,17H2/b27-15-. The first-order chi connectivity index (χ1) is 17.5. The molecule has 0 radical (unpaired) electrons. The van der Waals surface area contributed by atoms with Crippen LogP contribution in [-0.4, -0.2) is 21.8 Å². The second-order valence-electron chi connectivity index (χ2n) is 8.59. The summed E-state index contributed by atoms with van der Waals surface area (Å²) >= 11 is 10.8. The predicted octanol–water partition coefficient (Wildman–Crippen LogP) is 8.71. The molecule has 0 aliphatic carbocycles. The van der Waals surface area contributed by atoms with Crippen LogP contribution in [0, 0.1) is 0 Å². The monoisotopic (exact) mass is 571 g/mol. The van der Waals surface area contributed by atoms with Gasteiger partial charge in [0.25, 0.3) is 0 Å². The molecule has 176 valence electrons. The zero-order chi connectivity index (χ0) is 24.6. The maximum atomic E-state index is 12.5. The minimum Gasteiger partial charge on any atom is -0.259 e. The van der Waals surface area contributed by atoms with Crippen molar-refractivity contribution in [3.63, 3.8) is 0 Å². The molecule has 0 aromatic heterocycles. The molecule has 4 nitrogen and oxygen atoms in total. The van der Waals surface area contributed by atoms with Gasteiger partial charge in [-0.05, 0) is 75.6 Å². The van der Waals surface area contributed by atoms with Gasteiger partial charge in [0.15, 0.2) is 5.84 Å². The number of amidine groups is 1. The van der Waals surface area contributed by atoms with Gasteiger partial charge in [-0.2, -0.15) is 10.1 Å². The zero-order valence-electron chi connectivity index (χ0n) is 18.9. The van der Waals surface area contributed by atoms with Crippen molar-refractivity contribution in [2.45, 2.75) is 12.5 Å². The van der Waals surface area contributed by atoms with Crippen molar-refractivity contribution in [2.75, 3.05) is 0 Å². The average Bonchev–Trinajstić information content (AvgIpc) is 3.47. The molecule has 0 saturated carbocycles. The van der Waals surface area contributed by atoms with E-state index in [4.69, 9.17) is 16.7 Å². The van der Waals surface area contributed by atoms with Crippen LogP contribution in [-0.2, 0) is 0 Å². The fourth-order valence-corrected chi connectivity index (χ4v) is 5.79. The summed E-state index contributed by atoms with van der Waals surface area (Å²) in [5, 5.41) is 9.73. The van der Waals surface area contributed by atoms with Gasteiger partial charge in [-0.15, -0.1) is 0 Å². The number of nitrogens with zero attached hydrogens (tertiary/aromatic N) is 3. The van der Waals surface area contributed by atoms with Gasteiger partial charge in [0, 0.05) is 15.9 Å². The summed E-state index contributed by atoms with van der Waals surface area (Å²) in [6.45, 7) is 0. The van der Waals surface area contributed by atoms with Crippen LogP contribution in [0.3, 0.4) is 0 Å². The maximum Gasteiger partial charge on any atom is 0.311 e. The van der Waals surface area contributed by atoms with E-state index in [0.717, 1.165) is 43.5 Å². The lowest BCUT2D eigenvalue weighted by Crippen LogP contribution is -2.26. The second kappa shape index (κ2) is 9.69. The molecule has 2 heterocycles. The third-order valence-electron chi connectivity index (χ3n) is 6.23. The lowest BCUT2D eigenvalue weighted by atomic mass is 9.97. The summed E-state index contributed by atoms with van der Waals surface area (Å²) in [5.41, 5.74) is 4.06. The number of carbonyl (C=O) groups is 1. The lowest BCUT2D eigenvalue weighted by Gasteiger charge is -2.24. The van der Waals surface area contributed by atoms with Gasteiger partial charge in [0.05, 0.1) is 16.7 Å². The maximum absolute atomic E-state index is 12.5. The highest BCUT2D eigenvalue weighted by molar-refractivity contribution is 9.10. The summed E-state index contributed by atoms with van der Waals surface area (Å²) in [4.78, 5) is 17.7. The number of carbonyl (C=O) groups excluding carboxylic acids is 1. The molecular formula is C29H19BrClN3OS. The van der Waals surface area contributed by atoms with E-state index in [2.05, 4.69) is 51.3 Å². The second-order valence-corrected chi connectivity index (χ2v) is 10.9. The Kier molecular flexibility index (Phi) is 6.25. The number of halogens is 2. The Labute approximate surface area is 226 Å². The van der Waals surface area contributed by atoms with E-state index in [1.165, 1.54) is 10.8 Å². The lowest BCUT2D eigenvalue weighted by molar-refractivity contribution is 0.267. The van der Waals surface area contributed by atoms with Gasteiger partial charge in [0.1, 0.15) is 0 Å². The van der Waals surface area contributed by atoms with Gasteiger partial charge >= 0.3 is 5.24 Å². The van der Waals surface area contributed by atoms with Crippen LogP contribution >= 0.6 is 39.3 Å². The molecule has 4 aromatic rings. The highest BCUT2D eigenvalue weighted by Crippen LogP contribution is 2.40. The van der Waals surface area contributed by atoms with E-state index in [9.17, 15) is 4.79 Å². The first kappa shape index (κ1) is 23.2. The molecule has 0 saturated heterocycles. The van der Waals surface area contributed by atoms with Gasteiger partial charge in [-0.3, -0.25) is 4.79 Å². The summed E-state index contributed by atoms with van der Waals surface area (Å²) in [6.07, 6.45) is 2.67. The van der Waals surface area contributed by atoms with E-state index >= 15 is 0 Å². The van der Waals surface area contributed by atoms with Crippen LogP contribution in [0.1, 0.15) is 29.2 Å². The van der Waals surface area contributed by atoms with Crippen molar-refractivity contribution >= 4 is 72.9 Å². The molecule has 0 spiro atoms. The number of benzene rings is 4. The van der Waals surface area contributed by atoms with Crippen LogP contribution in [0.4, 0.5) is 4.79 Å². The number of hydrogen-bond donors (Lipinski definition) is 0. The molecule has 1 atom stereocenters. The fourth-order valence-electron chi connectivity index (χ4n) is 4.50. The fraction of sp³-hybridized carbons (Fsp3) is 0.0690.